The number of carbonyl (C=O) groups is 1. The van der Waals surface area contributed by atoms with E-state index in [1.165, 1.54) is 13.0 Å². The van der Waals surface area contributed by atoms with Crippen molar-refractivity contribution in [1.29, 1.82) is 0 Å². The molecule has 20 heavy (non-hydrogen) atoms. The van der Waals surface area contributed by atoms with Crippen molar-refractivity contribution in [2.75, 3.05) is 12.3 Å². The largest absolute Gasteiger partial charge is 0.417 e. The van der Waals surface area contributed by atoms with Crippen LogP contribution in [-0.4, -0.2) is 12.5 Å². The highest BCUT2D eigenvalue weighted by atomic mass is 19.4. The molecule has 0 aliphatic rings. The molecule has 3 N–H and O–H groups in total. The van der Waals surface area contributed by atoms with Gasteiger partial charge in [0.2, 0.25) is 5.91 Å². The highest BCUT2D eigenvalue weighted by Crippen LogP contribution is 2.34. The molecule has 1 rings (SSSR count). The zero-order valence-corrected chi connectivity index (χ0v) is 10.7. The summed E-state index contributed by atoms with van der Waals surface area (Å²) in [6.07, 6.45) is -1.69. The van der Waals surface area contributed by atoms with E-state index in [1.54, 1.807) is 0 Å². The molecule has 0 aliphatic heterocycles. The van der Waals surface area contributed by atoms with Crippen molar-refractivity contribution >= 4 is 17.7 Å². The average molecular weight is 290 g/mol. The molecule has 0 radical (unpaired) electrons. The van der Waals surface area contributed by atoms with Gasteiger partial charge in [0.05, 0.1) is 11.3 Å². The minimum atomic E-state index is -4.61. The van der Waals surface area contributed by atoms with Crippen LogP contribution in [0.25, 0.3) is 6.08 Å². The van der Waals surface area contributed by atoms with Gasteiger partial charge in [-0.3, -0.25) is 4.79 Å². The van der Waals surface area contributed by atoms with Crippen molar-refractivity contribution < 1.29 is 22.4 Å². The topological polar surface area (TPSA) is 55.1 Å². The second-order valence-electron chi connectivity index (χ2n) is 4.13. The first-order valence-electron chi connectivity index (χ1n) is 5.79. The standard InChI is InChI=1S/C13H14F4N2O/c1-8(20)19-5-3-2-4-9-6-11(14)12(18)7-10(9)13(15,16)17/h2,4,6-7H,3,5,18H2,1H3,(H,19,20). The van der Waals surface area contributed by atoms with E-state index in [-0.39, 0.29) is 11.5 Å². The summed E-state index contributed by atoms with van der Waals surface area (Å²) >= 11 is 0. The third kappa shape index (κ3) is 4.56. The number of carbonyl (C=O) groups excluding carboxylic acids is 1. The molecule has 3 nitrogen and oxygen atoms in total. The number of nitrogen functional groups attached to an aromatic ring is 1. The number of amides is 1. The molecule has 0 atom stereocenters. The second kappa shape index (κ2) is 6.40. The Morgan fingerprint density at radius 3 is 2.60 bits per heavy atom. The van der Waals surface area contributed by atoms with Gasteiger partial charge in [-0.15, -0.1) is 0 Å². The number of nitrogens with one attached hydrogen (secondary N) is 1. The van der Waals surface area contributed by atoms with Crippen LogP contribution < -0.4 is 11.1 Å². The summed E-state index contributed by atoms with van der Waals surface area (Å²) in [7, 11) is 0. The summed E-state index contributed by atoms with van der Waals surface area (Å²) in [6.45, 7) is 1.63. The first kappa shape index (κ1) is 16.0. The Bertz CT molecular complexity index is 524. The quantitative estimate of drug-likeness (QED) is 0.509. The van der Waals surface area contributed by atoms with Crippen molar-refractivity contribution in [3.05, 3.63) is 35.2 Å². The highest BCUT2D eigenvalue weighted by molar-refractivity contribution is 5.72. The predicted molar refractivity (Wildman–Crippen MR) is 68.1 cm³/mol. The van der Waals surface area contributed by atoms with Gasteiger partial charge in [0.1, 0.15) is 5.82 Å². The fourth-order valence-electron chi connectivity index (χ4n) is 1.53. The Hall–Kier alpha value is -2.05. The molecule has 1 aromatic rings. The molecule has 1 amide bonds. The lowest BCUT2D eigenvalue weighted by molar-refractivity contribution is -0.137. The van der Waals surface area contributed by atoms with Crippen molar-refractivity contribution in [1.82, 2.24) is 5.32 Å². The molecular weight excluding hydrogens is 276 g/mol. The lowest BCUT2D eigenvalue weighted by Gasteiger charge is -2.11. The van der Waals surface area contributed by atoms with Crippen LogP contribution in [0.2, 0.25) is 0 Å². The van der Waals surface area contributed by atoms with E-state index in [1.807, 2.05) is 0 Å². The number of anilines is 1. The van der Waals surface area contributed by atoms with Gasteiger partial charge in [0.25, 0.3) is 0 Å². The summed E-state index contributed by atoms with van der Waals surface area (Å²) in [5.74, 6) is -1.13. The summed E-state index contributed by atoms with van der Waals surface area (Å²) in [5.41, 5.74) is 3.31. The number of benzene rings is 1. The maximum Gasteiger partial charge on any atom is 0.417 e. The van der Waals surface area contributed by atoms with Crippen molar-refractivity contribution in [2.24, 2.45) is 0 Å². The molecule has 0 spiro atoms. The van der Waals surface area contributed by atoms with Crippen molar-refractivity contribution in [3.8, 4) is 0 Å². The van der Waals surface area contributed by atoms with Crippen LogP contribution in [0.3, 0.4) is 0 Å². The van der Waals surface area contributed by atoms with Crippen LogP contribution in [0, 0.1) is 5.82 Å². The minimum absolute atomic E-state index is 0.229. The number of nitrogens with two attached hydrogens (primary N) is 1. The van der Waals surface area contributed by atoms with E-state index in [9.17, 15) is 22.4 Å². The molecule has 0 aromatic heterocycles. The molecule has 1 aromatic carbocycles. The van der Waals surface area contributed by atoms with Gasteiger partial charge < -0.3 is 11.1 Å². The molecule has 0 aliphatic carbocycles. The molecule has 0 unspecified atom stereocenters. The van der Waals surface area contributed by atoms with Crippen LogP contribution in [0.15, 0.2) is 18.2 Å². The highest BCUT2D eigenvalue weighted by Gasteiger charge is 2.33. The van der Waals surface area contributed by atoms with Crippen LogP contribution >= 0.6 is 0 Å². The summed E-state index contributed by atoms with van der Waals surface area (Å²) < 4.78 is 51.6. The number of halogens is 4. The van der Waals surface area contributed by atoms with Crippen LogP contribution in [0.5, 0.6) is 0 Å². The summed E-state index contributed by atoms with van der Waals surface area (Å²) in [6, 6.07) is 1.32. The third-order valence-corrected chi connectivity index (χ3v) is 2.46. The Labute approximate surface area is 113 Å². The first-order chi connectivity index (χ1) is 9.21. The summed E-state index contributed by atoms with van der Waals surface area (Å²) in [4.78, 5) is 10.6. The SMILES string of the molecule is CC(=O)NCCC=Cc1cc(F)c(N)cc1C(F)(F)F. The van der Waals surface area contributed by atoms with E-state index in [0.717, 1.165) is 12.1 Å². The van der Waals surface area contributed by atoms with Gasteiger partial charge in [-0.25, -0.2) is 4.39 Å². The number of alkyl halides is 3. The molecular formula is C13H14F4N2O. The molecule has 7 heteroatoms. The Morgan fingerprint density at radius 1 is 1.40 bits per heavy atom. The normalized spacial score (nSPS) is 11.8. The number of rotatable bonds is 4. The maximum absolute atomic E-state index is 13.2. The van der Waals surface area contributed by atoms with E-state index in [2.05, 4.69) is 5.32 Å². The Kier molecular flexibility index (Phi) is 5.12. The van der Waals surface area contributed by atoms with E-state index < -0.39 is 23.2 Å². The van der Waals surface area contributed by atoms with Crippen molar-refractivity contribution in [2.45, 2.75) is 19.5 Å². The zero-order chi connectivity index (χ0) is 15.3. The summed E-state index contributed by atoms with van der Waals surface area (Å²) in [5, 5.41) is 2.49. The average Bonchev–Trinajstić information content (AvgIpc) is 2.31. The minimum Gasteiger partial charge on any atom is -0.396 e. The van der Waals surface area contributed by atoms with Gasteiger partial charge in [-0.05, 0) is 24.1 Å². The van der Waals surface area contributed by atoms with Crippen LogP contribution in [0.1, 0.15) is 24.5 Å². The molecule has 110 valence electrons. The third-order valence-electron chi connectivity index (χ3n) is 2.46. The van der Waals surface area contributed by atoms with Gasteiger partial charge >= 0.3 is 6.18 Å². The lowest BCUT2D eigenvalue weighted by atomic mass is 10.0. The van der Waals surface area contributed by atoms with E-state index in [0.29, 0.717) is 19.0 Å². The molecule has 0 saturated carbocycles. The van der Waals surface area contributed by atoms with Gasteiger partial charge in [0.15, 0.2) is 0 Å². The Morgan fingerprint density at radius 2 is 2.05 bits per heavy atom. The fraction of sp³-hybridized carbons (Fsp3) is 0.308. The molecule has 0 fully saturated rings. The number of hydrogen-bond acceptors (Lipinski definition) is 2. The van der Waals surface area contributed by atoms with Crippen molar-refractivity contribution in [3.63, 3.8) is 0 Å². The zero-order valence-electron chi connectivity index (χ0n) is 10.7. The number of hydrogen-bond donors (Lipinski definition) is 2. The second-order valence-corrected chi connectivity index (χ2v) is 4.13. The smallest absolute Gasteiger partial charge is 0.396 e. The van der Waals surface area contributed by atoms with Crippen LogP contribution in [-0.2, 0) is 11.0 Å². The van der Waals surface area contributed by atoms with E-state index >= 15 is 0 Å². The Balaban J connectivity index is 2.90. The fourth-order valence-corrected chi connectivity index (χ4v) is 1.53. The monoisotopic (exact) mass is 290 g/mol. The van der Waals surface area contributed by atoms with Gasteiger partial charge in [-0.2, -0.15) is 13.2 Å². The maximum atomic E-state index is 13.2. The molecule has 0 saturated heterocycles. The first-order valence-corrected chi connectivity index (χ1v) is 5.79. The van der Waals surface area contributed by atoms with Gasteiger partial charge in [0, 0.05) is 13.5 Å². The molecule has 0 heterocycles. The van der Waals surface area contributed by atoms with E-state index in [4.69, 9.17) is 5.73 Å². The van der Waals surface area contributed by atoms with Crippen LogP contribution in [0.4, 0.5) is 23.2 Å². The predicted octanol–water partition coefficient (Wildman–Crippen LogP) is 2.97. The molecule has 0 bridgehead atoms. The lowest BCUT2D eigenvalue weighted by Crippen LogP contribution is -2.20. The van der Waals surface area contributed by atoms with Gasteiger partial charge in [-0.1, -0.05) is 12.2 Å².